The van der Waals surface area contributed by atoms with E-state index in [0.29, 0.717) is 29.9 Å². The number of hydrogen-bond acceptors (Lipinski definition) is 4. The largest absolute Gasteiger partial charge is 0.508 e. The molecule has 0 aliphatic rings. The lowest BCUT2D eigenvalue weighted by Crippen LogP contribution is -2.00. The fourth-order valence-electron chi connectivity index (χ4n) is 2.71. The van der Waals surface area contributed by atoms with E-state index < -0.39 is 5.82 Å². The highest BCUT2D eigenvalue weighted by Crippen LogP contribution is 2.28. The smallest absolute Gasteiger partial charge is 0.165 e. The van der Waals surface area contributed by atoms with Gasteiger partial charge in [-0.1, -0.05) is 24.3 Å². The van der Waals surface area contributed by atoms with Crippen LogP contribution in [-0.4, -0.2) is 10.9 Å². The highest BCUT2D eigenvalue weighted by molar-refractivity contribution is 5.75. The number of aryl methyl sites for hydroxylation is 1. The second kappa shape index (κ2) is 9.04. The van der Waals surface area contributed by atoms with E-state index in [1.54, 1.807) is 18.2 Å². The Morgan fingerprint density at radius 1 is 0.964 bits per heavy atom. The first-order valence-corrected chi connectivity index (χ1v) is 8.96. The van der Waals surface area contributed by atoms with E-state index in [1.165, 1.54) is 25.1 Å². The molecule has 0 atom stereocenters. The minimum absolute atomic E-state index is 0.0343. The summed E-state index contributed by atoms with van der Waals surface area (Å²) in [6, 6.07) is 18.6. The SMILES string of the molecule is CC(=O)CCc1ccc(OCc2cc(O)cc(Oc3ccccc3)c2)c(F)c1. The lowest BCUT2D eigenvalue weighted by atomic mass is 10.1. The van der Waals surface area contributed by atoms with Gasteiger partial charge in [-0.3, -0.25) is 0 Å². The van der Waals surface area contributed by atoms with Gasteiger partial charge < -0.3 is 19.4 Å². The minimum atomic E-state index is -0.484. The summed E-state index contributed by atoms with van der Waals surface area (Å²) >= 11 is 0. The van der Waals surface area contributed by atoms with Crippen LogP contribution in [0.15, 0.2) is 66.7 Å². The standard InChI is InChI=1S/C23H21FO4/c1-16(25)7-8-17-9-10-23(22(24)13-17)27-15-18-11-19(26)14-21(12-18)28-20-5-3-2-4-6-20/h2-6,9-14,26H,7-8,15H2,1H3. The highest BCUT2D eigenvalue weighted by Gasteiger charge is 2.08. The maximum atomic E-state index is 14.2. The van der Waals surface area contributed by atoms with Crippen LogP contribution in [0.1, 0.15) is 24.5 Å². The molecule has 0 aromatic heterocycles. The average molecular weight is 380 g/mol. The zero-order valence-corrected chi connectivity index (χ0v) is 15.5. The molecule has 0 saturated heterocycles. The molecule has 0 aliphatic heterocycles. The van der Waals surface area contributed by atoms with Crippen molar-refractivity contribution >= 4 is 5.78 Å². The van der Waals surface area contributed by atoms with Crippen molar-refractivity contribution in [2.45, 2.75) is 26.4 Å². The normalized spacial score (nSPS) is 10.5. The molecular weight excluding hydrogens is 359 g/mol. The summed E-state index contributed by atoms with van der Waals surface area (Å²) in [5.74, 6) is 0.838. The highest BCUT2D eigenvalue weighted by atomic mass is 19.1. The Morgan fingerprint density at radius 3 is 2.46 bits per heavy atom. The Labute approximate surface area is 163 Å². The van der Waals surface area contributed by atoms with Gasteiger partial charge in [-0.05, 0) is 60.9 Å². The Morgan fingerprint density at radius 2 is 1.75 bits per heavy atom. The number of aromatic hydroxyl groups is 1. The number of ketones is 1. The molecule has 0 radical (unpaired) electrons. The van der Waals surface area contributed by atoms with Gasteiger partial charge in [0.25, 0.3) is 0 Å². The number of para-hydroxylation sites is 1. The Balaban J connectivity index is 1.66. The molecule has 0 amide bonds. The van der Waals surface area contributed by atoms with Gasteiger partial charge in [-0.25, -0.2) is 4.39 Å². The summed E-state index contributed by atoms with van der Waals surface area (Å²) in [4.78, 5) is 11.0. The molecule has 0 unspecified atom stereocenters. The van der Waals surface area contributed by atoms with E-state index in [-0.39, 0.29) is 23.9 Å². The number of benzene rings is 3. The van der Waals surface area contributed by atoms with Crippen molar-refractivity contribution in [1.29, 1.82) is 0 Å². The number of hydrogen-bond donors (Lipinski definition) is 1. The summed E-state index contributed by atoms with van der Waals surface area (Å²) in [5, 5.41) is 9.93. The van der Waals surface area contributed by atoms with Crippen molar-refractivity contribution in [3.63, 3.8) is 0 Å². The molecule has 0 bridgehead atoms. The average Bonchev–Trinajstić information content (AvgIpc) is 2.66. The lowest BCUT2D eigenvalue weighted by Gasteiger charge is -2.11. The number of phenols is 1. The molecule has 0 saturated carbocycles. The van der Waals surface area contributed by atoms with E-state index in [1.807, 2.05) is 30.3 Å². The van der Waals surface area contributed by atoms with E-state index in [0.717, 1.165) is 5.56 Å². The summed E-state index contributed by atoms with van der Waals surface area (Å²) in [5.41, 5.74) is 1.39. The molecule has 144 valence electrons. The van der Waals surface area contributed by atoms with Gasteiger partial charge >= 0.3 is 0 Å². The number of carbonyl (C=O) groups is 1. The van der Waals surface area contributed by atoms with Crippen molar-refractivity contribution in [1.82, 2.24) is 0 Å². The quantitative estimate of drug-likeness (QED) is 0.567. The fourth-order valence-corrected chi connectivity index (χ4v) is 2.71. The first-order chi connectivity index (χ1) is 13.5. The maximum absolute atomic E-state index is 14.2. The number of halogens is 1. The second-order valence-corrected chi connectivity index (χ2v) is 6.51. The molecule has 0 fully saturated rings. The monoisotopic (exact) mass is 380 g/mol. The van der Waals surface area contributed by atoms with Crippen molar-refractivity contribution in [2.24, 2.45) is 0 Å². The third-order valence-corrected chi connectivity index (χ3v) is 4.09. The first kappa shape index (κ1) is 19.4. The third kappa shape index (κ3) is 5.58. The zero-order chi connectivity index (χ0) is 19.9. The Hall–Kier alpha value is -3.34. The van der Waals surface area contributed by atoms with Crippen LogP contribution in [-0.2, 0) is 17.8 Å². The van der Waals surface area contributed by atoms with Crippen LogP contribution in [0.2, 0.25) is 0 Å². The van der Waals surface area contributed by atoms with E-state index in [2.05, 4.69) is 0 Å². The van der Waals surface area contributed by atoms with Crippen molar-refractivity contribution < 1.29 is 23.8 Å². The van der Waals surface area contributed by atoms with Gasteiger partial charge in [0.1, 0.15) is 29.6 Å². The molecular formula is C23H21FO4. The van der Waals surface area contributed by atoms with Gasteiger partial charge in [0.2, 0.25) is 0 Å². The second-order valence-electron chi connectivity index (χ2n) is 6.51. The van der Waals surface area contributed by atoms with Crippen LogP contribution in [0.3, 0.4) is 0 Å². The molecule has 0 spiro atoms. The van der Waals surface area contributed by atoms with Crippen molar-refractivity contribution in [2.75, 3.05) is 0 Å². The summed E-state index contributed by atoms with van der Waals surface area (Å²) < 4.78 is 25.5. The predicted octanol–water partition coefficient (Wildman–Crippen LogP) is 5.42. The summed E-state index contributed by atoms with van der Waals surface area (Å²) in [7, 11) is 0. The Kier molecular flexibility index (Phi) is 6.27. The van der Waals surface area contributed by atoms with E-state index >= 15 is 0 Å². The number of rotatable bonds is 8. The lowest BCUT2D eigenvalue weighted by molar-refractivity contribution is -0.116. The molecule has 28 heavy (non-hydrogen) atoms. The Bertz CT molecular complexity index is 954. The molecule has 3 aromatic carbocycles. The van der Waals surface area contributed by atoms with Crippen molar-refractivity contribution in [3.05, 3.63) is 83.7 Å². The number of phenolic OH excluding ortho intramolecular Hbond substituents is 1. The zero-order valence-electron chi connectivity index (χ0n) is 15.5. The van der Waals surface area contributed by atoms with Crippen LogP contribution in [0.4, 0.5) is 4.39 Å². The van der Waals surface area contributed by atoms with Crippen LogP contribution >= 0.6 is 0 Å². The molecule has 1 N–H and O–H groups in total. The number of carbonyl (C=O) groups excluding carboxylic acids is 1. The minimum Gasteiger partial charge on any atom is -0.508 e. The van der Waals surface area contributed by atoms with Gasteiger partial charge in [0.05, 0.1) is 0 Å². The van der Waals surface area contributed by atoms with Crippen LogP contribution in [0.25, 0.3) is 0 Å². The predicted molar refractivity (Wildman–Crippen MR) is 104 cm³/mol. The maximum Gasteiger partial charge on any atom is 0.165 e. The number of ether oxygens (including phenoxy) is 2. The van der Waals surface area contributed by atoms with E-state index in [4.69, 9.17) is 9.47 Å². The summed E-state index contributed by atoms with van der Waals surface area (Å²) in [6.45, 7) is 1.59. The van der Waals surface area contributed by atoms with Gasteiger partial charge in [0, 0.05) is 12.5 Å². The summed E-state index contributed by atoms with van der Waals surface area (Å²) in [6.07, 6.45) is 0.881. The van der Waals surface area contributed by atoms with Crippen LogP contribution < -0.4 is 9.47 Å². The van der Waals surface area contributed by atoms with Crippen molar-refractivity contribution in [3.8, 4) is 23.0 Å². The third-order valence-electron chi connectivity index (χ3n) is 4.09. The fraction of sp³-hybridized carbons (Fsp3) is 0.174. The molecule has 4 nitrogen and oxygen atoms in total. The van der Waals surface area contributed by atoms with Gasteiger partial charge in [0.15, 0.2) is 11.6 Å². The van der Waals surface area contributed by atoms with Gasteiger partial charge in [-0.2, -0.15) is 0 Å². The topological polar surface area (TPSA) is 55.8 Å². The molecule has 0 heterocycles. The molecule has 3 rings (SSSR count). The van der Waals surface area contributed by atoms with E-state index in [9.17, 15) is 14.3 Å². The van der Waals surface area contributed by atoms with Crippen LogP contribution in [0, 0.1) is 5.82 Å². The first-order valence-electron chi connectivity index (χ1n) is 8.96. The number of Topliss-reactive ketones (excluding diaryl/α,β-unsaturated/α-hetero) is 1. The van der Waals surface area contributed by atoms with Gasteiger partial charge in [-0.15, -0.1) is 0 Å². The molecule has 5 heteroatoms. The molecule has 3 aromatic rings. The molecule has 0 aliphatic carbocycles. The van der Waals surface area contributed by atoms with Crippen LogP contribution in [0.5, 0.6) is 23.0 Å².